The predicted octanol–water partition coefficient (Wildman–Crippen LogP) is 4.04. The van der Waals surface area contributed by atoms with Gasteiger partial charge in [-0.3, -0.25) is 0 Å². The summed E-state index contributed by atoms with van der Waals surface area (Å²) in [4.78, 5) is 7.80. The Balaban J connectivity index is 2.00. The van der Waals surface area contributed by atoms with Gasteiger partial charge in [-0.1, -0.05) is 30.3 Å². The van der Waals surface area contributed by atoms with Crippen LogP contribution in [0.5, 0.6) is 5.75 Å². The molecule has 0 spiro atoms. The van der Waals surface area contributed by atoms with Gasteiger partial charge in [0.25, 0.3) is 0 Å². The number of nitrogens with one attached hydrogen (secondary N) is 1. The molecule has 0 bridgehead atoms. The zero-order valence-electron chi connectivity index (χ0n) is 11.0. The third-order valence-electron chi connectivity index (χ3n) is 3.11. The molecule has 3 nitrogen and oxygen atoms in total. The fraction of sp³-hybridized carbons (Fsp3) is 0.0625. The van der Waals surface area contributed by atoms with Crippen LogP contribution in [0.3, 0.4) is 0 Å². The van der Waals surface area contributed by atoms with Crippen LogP contribution in [0.1, 0.15) is 0 Å². The average molecular weight is 282 g/mol. The SMILES string of the molecule is COc1ccc(-c2nc(S)c(-c3ccccc3)[nH]2)cc1. The number of benzene rings is 2. The summed E-state index contributed by atoms with van der Waals surface area (Å²) in [6.45, 7) is 0. The van der Waals surface area contributed by atoms with Crippen molar-refractivity contribution in [2.75, 3.05) is 7.11 Å². The minimum atomic E-state index is 0.696. The minimum absolute atomic E-state index is 0.696. The van der Waals surface area contributed by atoms with Crippen LogP contribution in [0, 0.1) is 0 Å². The number of thiol groups is 1. The fourth-order valence-electron chi connectivity index (χ4n) is 2.06. The van der Waals surface area contributed by atoms with Crippen molar-refractivity contribution in [2.45, 2.75) is 5.03 Å². The molecule has 1 N–H and O–H groups in total. The van der Waals surface area contributed by atoms with E-state index in [0.717, 1.165) is 28.4 Å². The second-order valence-electron chi connectivity index (χ2n) is 4.38. The first-order valence-corrected chi connectivity index (χ1v) is 6.71. The van der Waals surface area contributed by atoms with E-state index in [0.29, 0.717) is 5.03 Å². The van der Waals surface area contributed by atoms with Crippen LogP contribution in [0.15, 0.2) is 59.6 Å². The van der Waals surface area contributed by atoms with Gasteiger partial charge >= 0.3 is 0 Å². The third kappa shape index (κ3) is 2.42. The van der Waals surface area contributed by atoms with Crippen LogP contribution in [0.2, 0.25) is 0 Å². The third-order valence-corrected chi connectivity index (χ3v) is 3.43. The first-order chi connectivity index (χ1) is 9.78. The molecule has 3 aromatic rings. The Morgan fingerprint density at radius 3 is 2.30 bits per heavy atom. The molecule has 0 saturated heterocycles. The van der Waals surface area contributed by atoms with E-state index in [4.69, 9.17) is 4.74 Å². The van der Waals surface area contributed by atoms with Crippen LogP contribution in [-0.4, -0.2) is 17.1 Å². The van der Waals surface area contributed by atoms with Gasteiger partial charge in [0.15, 0.2) is 0 Å². The summed E-state index contributed by atoms with van der Waals surface area (Å²) in [5.41, 5.74) is 3.01. The van der Waals surface area contributed by atoms with Gasteiger partial charge in [-0.05, 0) is 24.3 Å². The molecule has 2 aromatic carbocycles. The van der Waals surface area contributed by atoms with E-state index in [1.165, 1.54) is 0 Å². The molecule has 0 aliphatic carbocycles. The number of hydrogen-bond acceptors (Lipinski definition) is 3. The lowest BCUT2D eigenvalue weighted by atomic mass is 10.2. The topological polar surface area (TPSA) is 37.9 Å². The summed E-state index contributed by atoms with van der Waals surface area (Å²) in [5.74, 6) is 1.63. The molecule has 1 aromatic heterocycles. The van der Waals surface area contributed by atoms with Gasteiger partial charge < -0.3 is 9.72 Å². The van der Waals surface area contributed by atoms with Crippen LogP contribution in [-0.2, 0) is 0 Å². The number of imidazole rings is 1. The van der Waals surface area contributed by atoms with Gasteiger partial charge in [0.05, 0.1) is 12.8 Å². The highest BCUT2D eigenvalue weighted by Gasteiger charge is 2.10. The second kappa shape index (κ2) is 5.43. The van der Waals surface area contributed by atoms with Crippen molar-refractivity contribution < 1.29 is 4.74 Å². The molecule has 0 aliphatic heterocycles. The smallest absolute Gasteiger partial charge is 0.139 e. The van der Waals surface area contributed by atoms with E-state index < -0.39 is 0 Å². The summed E-state index contributed by atoms with van der Waals surface area (Å²) >= 11 is 4.45. The molecule has 3 rings (SSSR count). The van der Waals surface area contributed by atoms with Gasteiger partial charge in [-0.2, -0.15) is 0 Å². The first-order valence-electron chi connectivity index (χ1n) is 6.27. The molecule has 100 valence electrons. The Hall–Kier alpha value is -2.20. The highest BCUT2D eigenvalue weighted by Crippen LogP contribution is 2.28. The normalized spacial score (nSPS) is 10.5. The lowest BCUT2D eigenvalue weighted by molar-refractivity contribution is 0.415. The monoisotopic (exact) mass is 282 g/mol. The fourth-order valence-corrected chi connectivity index (χ4v) is 2.34. The summed E-state index contributed by atoms with van der Waals surface area (Å²) in [6.07, 6.45) is 0. The molecule has 20 heavy (non-hydrogen) atoms. The lowest BCUT2D eigenvalue weighted by Gasteiger charge is -2.00. The van der Waals surface area contributed by atoms with Gasteiger partial charge in [0.1, 0.15) is 16.6 Å². The maximum atomic E-state index is 5.16. The first kappa shape index (κ1) is 12.8. The number of aromatic amines is 1. The van der Waals surface area contributed by atoms with Crippen molar-refractivity contribution in [1.82, 2.24) is 9.97 Å². The largest absolute Gasteiger partial charge is 0.497 e. The second-order valence-corrected chi connectivity index (χ2v) is 4.80. The zero-order valence-corrected chi connectivity index (χ0v) is 11.9. The molecule has 0 saturated carbocycles. The number of aromatic nitrogens is 2. The number of rotatable bonds is 3. The predicted molar refractivity (Wildman–Crippen MR) is 83.3 cm³/mol. The summed E-state index contributed by atoms with van der Waals surface area (Å²) in [7, 11) is 1.65. The molecular formula is C16H14N2OS. The van der Waals surface area contributed by atoms with Gasteiger partial charge in [-0.15, -0.1) is 12.6 Å². The Labute approximate surface area is 123 Å². The van der Waals surface area contributed by atoms with Gasteiger partial charge in [0.2, 0.25) is 0 Å². The molecular weight excluding hydrogens is 268 g/mol. The summed E-state index contributed by atoms with van der Waals surface area (Å²) in [6, 6.07) is 17.8. The molecule has 4 heteroatoms. The Morgan fingerprint density at radius 1 is 0.950 bits per heavy atom. The Bertz CT molecular complexity index is 705. The maximum Gasteiger partial charge on any atom is 0.139 e. The Kier molecular flexibility index (Phi) is 3.48. The highest BCUT2D eigenvalue weighted by molar-refractivity contribution is 7.80. The number of nitrogens with zero attached hydrogens (tertiary/aromatic N) is 1. The van der Waals surface area contributed by atoms with Crippen molar-refractivity contribution in [2.24, 2.45) is 0 Å². The number of methoxy groups -OCH3 is 1. The van der Waals surface area contributed by atoms with Crippen molar-refractivity contribution >= 4 is 12.6 Å². The van der Waals surface area contributed by atoms with E-state index in [9.17, 15) is 0 Å². The Morgan fingerprint density at radius 2 is 1.65 bits per heavy atom. The number of hydrogen-bond donors (Lipinski definition) is 2. The quantitative estimate of drug-likeness (QED) is 0.711. The van der Waals surface area contributed by atoms with Gasteiger partial charge in [0, 0.05) is 11.1 Å². The summed E-state index contributed by atoms with van der Waals surface area (Å²) in [5, 5.41) is 0.696. The zero-order chi connectivity index (χ0) is 13.9. The van der Waals surface area contributed by atoms with E-state index >= 15 is 0 Å². The minimum Gasteiger partial charge on any atom is -0.497 e. The van der Waals surface area contributed by atoms with Crippen LogP contribution >= 0.6 is 12.6 Å². The van der Waals surface area contributed by atoms with Gasteiger partial charge in [-0.25, -0.2) is 4.98 Å². The van der Waals surface area contributed by atoms with Crippen molar-refractivity contribution in [3.05, 3.63) is 54.6 Å². The van der Waals surface area contributed by atoms with Crippen LogP contribution in [0.4, 0.5) is 0 Å². The van der Waals surface area contributed by atoms with Crippen molar-refractivity contribution in [3.63, 3.8) is 0 Å². The van der Waals surface area contributed by atoms with Crippen LogP contribution < -0.4 is 4.74 Å². The van der Waals surface area contributed by atoms with E-state index in [1.807, 2.05) is 54.6 Å². The van der Waals surface area contributed by atoms with Crippen molar-refractivity contribution in [1.29, 1.82) is 0 Å². The number of ether oxygens (including phenoxy) is 1. The van der Waals surface area contributed by atoms with Crippen LogP contribution in [0.25, 0.3) is 22.6 Å². The molecule has 0 radical (unpaired) electrons. The standard InChI is InChI=1S/C16H14N2OS/c1-19-13-9-7-12(8-10-13)15-17-14(16(20)18-15)11-5-3-2-4-6-11/h2-10,20H,1H3,(H,17,18). The van der Waals surface area contributed by atoms with E-state index in [1.54, 1.807) is 7.11 Å². The molecule has 0 fully saturated rings. The molecule has 1 heterocycles. The molecule has 0 aliphatic rings. The summed E-state index contributed by atoms with van der Waals surface area (Å²) < 4.78 is 5.16. The highest BCUT2D eigenvalue weighted by atomic mass is 32.1. The molecule has 0 amide bonds. The van der Waals surface area contributed by atoms with Crippen molar-refractivity contribution in [3.8, 4) is 28.4 Å². The average Bonchev–Trinajstić information content (AvgIpc) is 2.90. The number of H-pyrrole nitrogens is 1. The lowest BCUT2D eigenvalue weighted by Crippen LogP contribution is -1.84. The van der Waals surface area contributed by atoms with E-state index in [-0.39, 0.29) is 0 Å². The molecule has 0 atom stereocenters. The maximum absolute atomic E-state index is 5.16. The van der Waals surface area contributed by atoms with E-state index in [2.05, 4.69) is 22.6 Å². The molecule has 0 unspecified atom stereocenters.